The van der Waals surface area contributed by atoms with Gasteiger partial charge in [0.2, 0.25) is 0 Å². The third kappa shape index (κ3) is 1.86. The Hall–Kier alpha value is -2.54. The maximum absolute atomic E-state index is 6.53. The number of fused-ring (bicyclic) bond motifs is 2. The van der Waals surface area contributed by atoms with Crippen molar-refractivity contribution in [2.45, 2.75) is 17.9 Å². The Labute approximate surface area is 136 Å². The van der Waals surface area contributed by atoms with Gasteiger partial charge in [0.25, 0.3) is 0 Å². The van der Waals surface area contributed by atoms with Crippen LogP contribution in [0.25, 0.3) is 0 Å². The highest BCUT2D eigenvalue weighted by atomic mass is 16.5. The summed E-state index contributed by atoms with van der Waals surface area (Å²) in [6.07, 6.45) is 1.09. The molecule has 0 N–H and O–H groups in total. The largest absolute Gasteiger partial charge is 0.482 e. The summed E-state index contributed by atoms with van der Waals surface area (Å²) >= 11 is 0. The van der Waals surface area contributed by atoms with Crippen LogP contribution in [0.3, 0.4) is 0 Å². The molecule has 1 aliphatic heterocycles. The summed E-state index contributed by atoms with van der Waals surface area (Å²) < 4.78 is 6.53. The summed E-state index contributed by atoms with van der Waals surface area (Å²) in [6, 6.07) is 30.1. The van der Waals surface area contributed by atoms with Gasteiger partial charge in [0.15, 0.2) is 0 Å². The first-order chi connectivity index (χ1) is 11.4. The minimum atomic E-state index is -0.143. The molecular weight excluding hydrogens is 280 g/mol. The van der Waals surface area contributed by atoms with Gasteiger partial charge >= 0.3 is 0 Å². The van der Waals surface area contributed by atoms with E-state index in [-0.39, 0.29) is 5.60 Å². The van der Waals surface area contributed by atoms with Gasteiger partial charge in [-0.25, -0.2) is 0 Å². The quantitative estimate of drug-likeness (QED) is 0.637. The van der Waals surface area contributed by atoms with Gasteiger partial charge in [-0.05, 0) is 23.6 Å². The van der Waals surface area contributed by atoms with Crippen molar-refractivity contribution in [3.8, 4) is 5.75 Å². The summed E-state index contributed by atoms with van der Waals surface area (Å²) in [7, 11) is 0. The van der Waals surface area contributed by atoms with Crippen LogP contribution in [-0.2, 0) is 5.60 Å². The van der Waals surface area contributed by atoms with Crippen molar-refractivity contribution in [2.24, 2.45) is 5.92 Å². The summed E-state index contributed by atoms with van der Waals surface area (Å²) in [5.41, 5.74) is 3.88. The lowest BCUT2D eigenvalue weighted by Crippen LogP contribution is -2.27. The minimum absolute atomic E-state index is 0.143. The van der Waals surface area contributed by atoms with Crippen molar-refractivity contribution >= 4 is 0 Å². The smallest absolute Gasteiger partial charge is 0.138 e. The van der Waals surface area contributed by atoms with Gasteiger partial charge in [-0.1, -0.05) is 78.9 Å². The molecule has 1 saturated carbocycles. The van der Waals surface area contributed by atoms with E-state index in [2.05, 4.69) is 84.9 Å². The van der Waals surface area contributed by atoms with E-state index in [9.17, 15) is 0 Å². The molecule has 0 bridgehead atoms. The van der Waals surface area contributed by atoms with Crippen molar-refractivity contribution in [1.82, 2.24) is 0 Å². The van der Waals surface area contributed by atoms with Crippen molar-refractivity contribution in [3.05, 3.63) is 102 Å². The fraction of sp³-hybridized carbons (Fsp3) is 0.182. The molecule has 3 aromatic rings. The molecule has 1 aliphatic carbocycles. The molecule has 0 saturated heterocycles. The van der Waals surface area contributed by atoms with Crippen LogP contribution in [0.15, 0.2) is 84.9 Å². The second kappa shape index (κ2) is 4.73. The molecule has 0 radical (unpaired) electrons. The summed E-state index contributed by atoms with van der Waals surface area (Å²) in [6.45, 7) is 0. The van der Waals surface area contributed by atoms with E-state index in [0.29, 0.717) is 11.8 Å². The maximum Gasteiger partial charge on any atom is 0.138 e. The highest BCUT2D eigenvalue weighted by Gasteiger charge is 2.64. The highest BCUT2D eigenvalue weighted by molar-refractivity contribution is 5.51. The molecule has 5 rings (SSSR count). The summed E-state index contributed by atoms with van der Waals surface area (Å²) in [5.74, 6) is 1.97. The topological polar surface area (TPSA) is 9.23 Å². The van der Waals surface area contributed by atoms with Gasteiger partial charge in [0.05, 0.1) is 0 Å². The van der Waals surface area contributed by atoms with Gasteiger partial charge in [0, 0.05) is 17.4 Å². The third-order valence-electron chi connectivity index (χ3n) is 5.33. The first-order valence-corrected chi connectivity index (χ1v) is 8.27. The predicted molar refractivity (Wildman–Crippen MR) is 91.6 cm³/mol. The van der Waals surface area contributed by atoms with Crippen LogP contribution in [0.5, 0.6) is 5.75 Å². The number of hydrogen-bond acceptors (Lipinski definition) is 1. The Morgan fingerprint density at radius 1 is 0.739 bits per heavy atom. The van der Waals surface area contributed by atoms with E-state index in [4.69, 9.17) is 4.74 Å². The van der Waals surface area contributed by atoms with Crippen LogP contribution in [0, 0.1) is 5.92 Å². The molecule has 0 amide bonds. The third-order valence-corrected chi connectivity index (χ3v) is 5.33. The maximum atomic E-state index is 6.53. The standard InChI is InChI=1S/C22H18O/c1-3-9-16(10-4-1)21-18-13-7-8-14-20(18)23-22(15-19(21)22)17-11-5-2-6-12-17/h1-14,19,21H,15H2/t19-,21-,22+/m1/s1. The SMILES string of the molecule is c1ccc([C@@H]2c3ccccc3O[C@]3(c4ccccc4)C[C@H]23)cc1. The van der Waals surface area contributed by atoms with Crippen molar-refractivity contribution in [3.63, 3.8) is 0 Å². The monoisotopic (exact) mass is 298 g/mol. The number of hydrogen-bond donors (Lipinski definition) is 0. The number of rotatable bonds is 2. The van der Waals surface area contributed by atoms with Crippen LogP contribution in [0.4, 0.5) is 0 Å². The number of benzene rings is 3. The van der Waals surface area contributed by atoms with Crippen LogP contribution in [0.2, 0.25) is 0 Å². The number of ether oxygens (including phenoxy) is 1. The highest BCUT2D eigenvalue weighted by Crippen LogP contribution is 2.66. The van der Waals surface area contributed by atoms with Crippen LogP contribution in [-0.4, -0.2) is 0 Å². The molecule has 3 atom stereocenters. The van der Waals surface area contributed by atoms with E-state index in [1.165, 1.54) is 16.7 Å². The fourth-order valence-electron chi connectivity index (χ4n) is 4.20. The Morgan fingerprint density at radius 2 is 1.39 bits per heavy atom. The zero-order valence-corrected chi connectivity index (χ0v) is 12.9. The second-order valence-electron chi connectivity index (χ2n) is 6.59. The van der Waals surface area contributed by atoms with Crippen molar-refractivity contribution in [2.75, 3.05) is 0 Å². The van der Waals surface area contributed by atoms with Gasteiger partial charge in [-0.15, -0.1) is 0 Å². The average Bonchev–Trinajstić information content (AvgIpc) is 3.36. The molecule has 0 spiro atoms. The Morgan fingerprint density at radius 3 is 2.17 bits per heavy atom. The lowest BCUT2D eigenvalue weighted by molar-refractivity contribution is 0.139. The first-order valence-electron chi connectivity index (χ1n) is 8.27. The molecule has 23 heavy (non-hydrogen) atoms. The molecule has 2 aliphatic rings. The van der Waals surface area contributed by atoms with Gasteiger partial charge in [-0.2, -0.15) is 0 Å². The molecule has 1 heterocycles. The molecular formula is C22H18O. The Bertz CT molecular complexity index is 840. The summed E-state index contributed by atoms with van der Waals surface area (Å²) in [4.78, 5) is 0. The van der Waals surface area contributed by atoms with Crippen molar-refractivity contribution in [1.29, 1.82) is 0 Å². The predicted octanol–water partition coefficient (Wildman–Crippen LogP) is 5.13. The Kier molecular flexibility index (Phi) is 2.66. The van der Waals surface area contributed by atoms with Gasteiger partial charge in [0.1, 0.15) is 11.4 Å². The van der Waals surface area contributed by atoms with E-state index in [0.717, 1.165) is 12.2 Å². The van der Waals surface area contributed by atoms with E-state index >= 15 is 0 Å². The normalized spacial score (nSPS) is 27.5. The van der Waals surface area contributed by atoms with Crippen LogP contribution < -0.4 is 4.74 Å². The molecule has 0 unspecified atom stereocenters. The van der Waals surface area contributed by atoms with Crippen LogP contribution >= 0.6 is 0 Å². The molecule has 1 fully saturated rings. The molecule has 1 nitrogen and oxygen atoms in total. The van der Waals surface area contributed by atoms with Gasteiger partial charge < -0.3 is 4.74 Å². The lowest BCUT2D eigenvalue weighted by atomic mass is 9.82. The average molecular weight is 298 g/mol. The zero-order valence-electron chi connectivity index (χ0n) is 12.9. The van der Waals surface area contributed by atoms with Crippen LogP contribution in [0.1, 0.15) is 29.0 Å². The molecule has 1 heteroatoms. The minimum Gasteiger partial charge on any atom is -0.482 e. The molecule has 0 aromatic heterocycles. The van der Waals surface area contributed by atoms with E-state index in [1.807, 2.05) is 0 Å². The van der Waals surface area contributed by atoms with Gasteiger partial charge in [-0.3, -0.25) is 0 Å². The zero-order chi connectivity index (χ0) is 15.3. The summed E-state index contributed by atoms with van der Waals surface area (Å²) in [5, 5.41) is 0. The number of para-hydroxylation sites is 1. The first kappa shape index (κ1) is 13.0. The molecule has 112 valence electrons. The van der Waals surface area contributed by atoms with E-state index < -0.39 is 0 Å². The molecule has 3 aromatic carbocycles. The Balaban J connectivity index is 1.67. The lowest BCUT2D eigenvalue weighted by Gasteiger charge is -2.32. The fourth-order valence-corrected chi connectivity index (χ4v) is 4.20. The van der Waals surface area contributed by atoms with Crippen molar-refractivity contribution < 1.29 is 4.74 Å². The second-order valence-corrected chi connectivity index (χ2v) is 6.59. The van der Waals surface area contributed by atoms with E-state index in [1.54, 1.807) is 0 Å².